The zero-order valence-electron chi connectivity index (χ0n) is 11.4. The Hall–Kier alpha value is -1.65. The van der Waals surface area contributed by atoms with Crippen LogP contribution in [0.3, 0.4) is 0 Å². The minimum absolute atomic E-state index is 0.130. The lowest BCUT2D eigenvalue weighted by Gasteiger charge is -2.25. The summed E-state index contributed by atoms with van der Waals surface area (Å²) in [4.78, 5) is 22.0. The molecule has 0 unspecified atom stereocenters. The summed E-state index contributed by atoms with van der Waals surface area (Å²) in [6.07, 6.45) is 5.12. The molecule has 0 saturated heterocycles. The van der Waals surface area contributed by atoms with Crippen molar-refractivity contribution in [2.45, 2.75) is 33.6 Å². The quantitative estimate of drug-likeness (QED) is 0.837. The molecular formula is C13H22N4O. The largest absolute Gasteiger partial charge is 0.382 e. The maximum atomic E-state index is 12.3. The van der Waals surface area contributed by atoms with Crippen LogP contribution in [0.2, 0.25) is 0 Å². The average molecular weight is 250 g/mol. The minimum atomic E-state index is -0.130. The maximum Gasteiger partial charge on any atom is 0.276 e. The lowest BCUT2D eigenvalue weighted by Crippen LogP contribution is -2.36. The molecule has 0 bridgehead atoms. The summed E-state index contributed by atoms with van der Waals surface area (Å²) < 4.78 is 0. The average Bonchev–Trinajstić information content (AvgIpc) is 2.40. The predicted octanol–water partition coefficient (Wildman–Crippen LogP) is 1.96. The van der Waals surface area contributed by atoms with Crippen LogP contribution >= 0.6 is 0 Å². The van der Waals surface area contributed by atoms with Crippen LogP contribution in [0.4, 0.5) is 5.82 Å². The number of carbonyl (C=O) groups excluding carboxylic acids is 1. The van der Waals surface area contributed by atoms with E-state index in [0.29, 0.717) is 12.5 Å². The van der Waals surface area contributed by atoms with Gasteiger partial charge in [-0.15, -0.1) is 0 Å². The Labute approximate surface area is 108 Å². The van der Waals surface area contributed by atoms with Crippen molar-refractivity contribution >= 4 is 11.7 Å². The highest BCUT2D eigenvalue weighted by molar-refractivity contribution is 5.96. The summed E-state index contributed by atoms with van der Waals surface area (Å²) in [5, 5.41) is 0. The number of amides is 1. The fraction of sp³-hybridized carbons (Fsp3) is 0.615. The molecule has 1 heterocycles. The number of rotatable bonds is 6. The van der Waals surface area contributed by atoms with Gasteiger partial charge in [0.25, 0.3) is 5.91 Å². The normalized spacial score (nSPS) is 10.7. The minimum Gasteiger partial charge on any atom is -0.382 e. The molecule has 0 saturated carbocycles. The van der Waals surface area contributed by atoms with E-state index in [1.54, 1.807) is 4.90 Å². The van der Waals surface area contributed by atoms with Gasteiger partial charge in [0.2, 0.25) is 0 Å². The molecule has 0 spiro atoms. The van der Waals surface area contributed by atoms with Crippen molar-refractivity contribution in [3.63, 3.8) is 0 Å². The van der Waals surface area contributed by atoms with Gasteiger partial charge < -0.3 is 10.6 Å². The van der Waals surface area contributed by atoms with E-state index in [9.17, 15) is 4.79 Å². The van der Waals surface area contributed by atoms with Crippen LogP contribution in [-0.2, 0) is 0 Å². The zero-order valence-corrected chi connectivity index (χ0v) is 11.4. The summed E-state index contributed by atoms with van der Waals surface area (Å²) in [7, 11) is 0. The first-order valence-corrected chi connectivity index (χ1v) is 6.49. The van der Waals surface area contributed by atoms with Gasteiger partial charge in [0, 0.05) is 25.5 Å². The summed E-state index contributed by atoms with van der Waals surface area (Å²) in [6, 6.07) is 0. The van der Waals surface area contributed by atoms with Crippen LogP contribution in [-0.4, -0.2) is 33.9 Å². The van der Waals surface area contributed by atoms with Gasteiger partial charge in [-0.3, -0.25) is 4.79 Å². The number of nitrogens with two attached hydrogens (primary N) is 1. The summed E-state index contributed by atoms with van der Waals surface area (Å²) >= 11 is 0. The van der Waals surface area contributed by atoms with Crippen LogP contribution in [0, 0.1) is 5.92 Å². The summed E-state index contributed by atoms with van der Waals surface area (Å²) in [5.41, 5.74) is 5.94. The molecular weight excluding hydrogens is 228 g/mol. The van der Waals surface area contributed by atoms with E-state index in [0.717, 1.165) is 19.4 Å². The maximum absolute atomic E-state index is 12.3. The molecule has 18 heavy (non-hydrogen) atoms. The number of nitrogen functional groups attached to an aromatic ring is 1. The topological polar surface area (TPSA) is 72.1 Å². The van der Waals surface area contributed by atoms with Gasteiger partial charge in [-0.05, 0) is 12.8 Å². The van der Waals surface area contributed by atoms with Gasteiger partial charge in [0.05, 0.1) is 0 Å². The van der Waals surface area contributed by atoms with Crippen molar-refractivity contribution in [1.29, 1.82) is 0 Å². The highest BCUT2D eigenvalue weighted by Crippen LogP contribution is 2.13. The fourth-order valence-corrected chi connectivity index (χ4v) is 1.88. The summed E-state index contributed by atoms with van der Waals surface area (Å²) in [6.45, 7) is 7.66. The molecule has 2 N–H and O–H groups in total. The summed E-state index contributed by atoms with van der Waals surface area (Å²) in [5.74, 6) is 0.590. The number of anilines is 1. The first kappa shape index (κ1) is 14.4. The van der Waals surface area contributed by atoms with Crippen LogP contribution in [0.15, 0.2) is 12.4 Å². The Balaban J connectivity index is 2.83. The lowest BCUT2D eigenvalue weighted by atomic mass is 10.0. The van der Waals surface area contributed by atoms with E-state index in [4.69, 9.17) is 5.73 Å². The highest BCUT2D eigenvalue weighted by atomic mass is 16.2. The molecule has 1 amide bonds. The van der Waals surface area contributed by atoms with Crippen LogP contribution < -0.4 is 5.73 Å². The molecule has 0 fully saturated rings. The van der Waals surface area contributed by atoms with Gasteiger partial charge in [0.15, 0.2) is 11.5 Å². The fourth-order valence-electron chi connectivity index (χ4n) is 1.88. The van der Waals surface area contributed by atoms with E-state index < -0.39 is 0 Å². The molecule has 5 heteroatoms. The number of hydrogen-bond acceptors (Lipinski definition) is 4. The van der Waals surface area contributed by atoms with Crippen molar-refractivity contribution in [1.82, 2.24) is 14.9 Å². The monoisotopic (exact) mass is 250 g/mol. The van der Waals surface area contributed by atoms with Crippen molar-refractivity contribution in [3.05, 3.63) is 18.1 Å². The molecule has 0 aliphatic carbocycles. The Morgan fingerprint density at radius 2 is 1.89 bits per heavy atom. The standard InChI is InChI=1S/C13H22N4O/c1-4-10(5-2)9-17(6-3)13(18)11-12(14)16-8-7-15-11/h7-8,10H,4-6,9H2,1-3H3,(H2,14,16). The van der Waals surface area contributed by atoms with E-state index in [2.05, 4.69) is 23.8 Å². The van der Waals surface area contributed by atoms with E-state index in [1.807, 2.05) is 6.92 Å². The van der Waals surface area contributed by atoms with Crippen LogP contribution in [0.5, 0.6) is 0 Å². The van der Waals surface area contributed by atoms with Crippen LogP contribution in [0.1, 0.15) is 44.1 Å². The van der Waals surface area contributed by atoms with Gasteiger partial charge in [0.1, 0.15) is 0 Å². The van der Waals surface area contributed by atoms with Crippen molar-refractivity contribution in [3.8, 4) is 0 Å². The molecule has 0 radical (unpaired) electrons. The Kier molecular flexibility index (Phi) is 5.55. The molecule has 0 atom stereocenters. The zero-order chi connectivity index (χ0) is 13.5. The molecule has 0 aliphatic heterocycles. The van der Waals surface area contributed by atoms with Crippen molar-refractivity contribution < 1.29 is 4.79 Å². The highest BCUT2D eigenvalue weighted by Gasteiger charge is 2.20. The Morgan fingerprint density at radius 1 is 1.28 bits per heavy atom. The van der Waals surface area contributed by atoms with Gasteiger partial charge in [-0.25, -0.2) is 9.97 Å². The van der Waals surface area contributed by atoms with E-state index in [1.165, 1.54) is 12.4 Å². The number of hydrogen-bond donors (Lipinski definition) is 1. The Morgan fingerprint density at radius 3 is 2.39 bits per heavy atom. The second-order valence-electron chi connectivity index (χ2n) is 4.32. The van der Waals surface area contributed by atoms with E-state index in [-0.39, 0.29) is 17.4 Å². The first-order valence-electron chi connectivity index (χ1n) is 6.49. The number of carbonyl (C=O) groups is 1. The molecule has 0 aromatic carbocycles. The molecule has 1 aromatic heterocycles. The smallest absolute Gasteiger partial charge is 0.276 e. The lowest BCUT2D eigenvalue weighted by molar-refractivity contribution is 0.0730. The third-order valence-electron chi connectivity index (χ3n) is 3.23. The SMILES string of the molecule is CCC(CC)CN(CC)C(=O)c1nccnc1N. The molecule has 0 aliphatic rings. The molecule has 100 valence electrons. The molecule has 5 nitrogen and oxygen atoms in total. The second kappa shape index (κ2) is 6.93. The van der Waals surface area contributed by atoms with Gasteiger partial charge in [-0.2, -0.15) is 0 Å². The molecule has 1 aromatic rings. The van der Waals surface area contributed by atoms with E-state index >= 15 is 0 Å². The number of nitrogens with zero attached hydrogens (tertiary/aromatic N) is 3. The van der Waals surface area contributed by atoms with Crippen molar-refractivity contribution in [2.75, 3.05) is 18.8 Å². The number of aromatic nitrogens is 2. The predicted molar refractivity (Wildman–Crippen MR) is 72.1 cm³/mol. The Bertz CT molecular complexity index is 390. The van der Waals surface area contributed by atoms with Crippen molar-refractivity contribution in [2.24, 2.45) is 5.92 Å². The third-order valence-corrected chi connectivity index (χ3v) is 3.23. The first-order chi connectivity index (χ1) is 8.63. The van der Waals surface area contributed by atoms with Gasteiger partial charge in [-0.1, -0.05) is 26.7 Å². The second-order valence-corrected chi connectivity index (χ2v) is 4.32. The third kappa shape index (κ3) is 3.42. The van der Waals surface area contributed by atoms with Gasteiger partial charge >= 0.3 is 0 Å². The van der Waals surface area contributed by atoms with Crippen LogP contribution in [0.25, 0.3) is 0 Å². The molecule has 1 rings (SSSR count).